The summed E-state index contributed by atoms with van der Waals surface area (Å²) in [5, 5.41) is 20.2. The van der Waals surface area contributed by atoms with Gasteiger partial charge < -0.3 is 9.72 Å². The van der Waals surface area contributed by atoms with Gasteiger partial charge in [-0.3, -0.25) is 4.79 Å². The molecule has 0 saturated heterocycles. The molecule has 2 heterocycles. The molecule has 0 aromatic carbocycles. The summed E-state index contributed by atoms with van der Waals surface area (Å²) >= 11 is 0. The first-order valence-electron chi connectivity index (χ1n) is 5.65. The number of ether oxygens (including phenoxy) is 1. The Hall–Kier alpha value is -3.02. The zero-order valence-corrected chi connectivity index (χ0v) is 10.7. The molecule has 0 amide bonds. The number of carbonyl (C=O) groups is 1. The number of pyridine rings is 1. The highest BCUT2D eigenvalue weighted by Gasteiger charge is 2.19. The minimum atomic E-state index is -0.750. The third-order valence-corrected chi connectivity index (χ3v) is 2.39. The number of tetrazole rings is 1. The summed E-state index contributed by atoms with van der Waals surface area (Å²) in [6.07, 6.45) is 0. The lowest BCUT2D eigenvalue weighted by Gasteiger charge is -2.04. The maximum absolute atomic E-state index is 11.8. The zero-order chi connectivity index (χ0) is 14.7. The highest BCUT2D eigenvalue weighted by Crippen LogP contribution is 2.14. The molecule has 2 aromatic heterocycles. The molecule has 9 nitrogen and oxygen atoms in total. The van der Waals surface area contributed by atoms with E-state index in [0.717, 1.165) is 0 Å². The summed E-state index contributed by atoms with van der Waals surface area (Å²) in [7, 11) is 1.56. The summed E-state index contributed by atoms with van der Waals surface area (Å²) in [6, 6.07) is 2.98. The monoisotopic (exact) mass is 274 g/mol. The number of nitrogens with zero attached hydrogens (tertiary/aromatic N) is 5. The van der Waals surface area contributed by atoms with Gasteiger partial charge in [0.15, 0.2) is 0 Å². The summed E-state index contributed by atoms with van der Waals surface area (Å²) in [5.74, 6) is -0.611. The number of aryl methyl sites for hydroxylation is 1. The van der Waals surface area contributed by atoms with E-state index in [9.17, 15) is 9.59 Å². The molecular formula is C11H10N6O3. The number of esters is 1. The molecule has 0 unspecified atom stereocenters. The molecule has 20 heavy (non-hydrogen) atoms. The van der Waals surface area contributed by atoms with E-state index in [1.807, 2.05) is 0 Å². The van der Waals surface area contributed by atoms with Gasteiger partial charge in [-0.15, -0.1) is 10.2 Å². The van der Waals surface area contributed by atoms with Crippen molar-refractivity contribution in [3.8, 4) is 17.6 Å². The van der Waals surface area contributed by atoms with E-state index in [1.165, 1.54) is 10.9 Å². The predicted octanol–water partition coefficient (Wildman–Crippen LogP) is -0.386. The van der Waals surface area contributed by atoms with Crippen molar-refractivity contribution in [3.63, 3.8) is 0 Å². The number of aromatic amines is 1. The van der Waals surface area contributed by atoms with E-state index in [4.69, 9.17) is 10.00 Å². The predicted molar refractivity (Wildman–Crippen MR) is 65.5 cm³/mol. The normalized spacial score (nSPS) is 10.1. The molecule has 2 aromatic rings. The lowest BCUT2D eigenvalue weighted by Crippen LogP contribution is -2.18. The van der Waals surface area contributed by atoms with Gasteiger partial charge in [0.2, 0.25) is 5.82 Å². The summed E-state index contributed by atoms with van der Waals surface area (Å²) in [4.78, 5) is 27.2. The summed E-state index contributed by atoms with van der Waals surface area (Å²) in [5.41, 5.74) is -0.956. The first kappa shape index (κ1) is 13.4. The Kier molecular flexibility index (Phi) is 3.56. The van der Waals surface area contributed by atoms with Crippen LogP contribution in [0.5, 0.6) is 0 Å². The average molecular weight is 274 g/mol. The fraction of sp³-hybridized carbons (Fsp3) is 0.273. The second-order valence-electron chi connectivity index (χ2n) is 3.74. The highest BCUT2D eigenvalue weighted by atomic mass is 16.5. The quantitative estimate of drug-likeness (QED) is 0.755. The van der Waals surface area contributed by atoms with E-state index in [1.54, 1.807) is 20.0 Å². The Balaban J connectivity index is 2.61. The highest BCUT2D eigenvalue weighted by molar-refractivity contribution is 5.93. The molecule has 0 bridgehead atoms. The Morgan fingerprint density at radius 1 is 1.60 bits per heavy atom. The van der Waals surface area contributed by atoms with Gasteiger partial charge in [0, 0.05) is 0 Å². The number of H-pyrrole nitrogens is 1. The Labute approximate surface area is 112 Å². The summed E-state index contributed by atoms with van der Waals surface area (Å²) < 4.78 is 4.82. The molecule has 102 valence electrons. The molecule has 0 radical (unpaired) electrons. The van der Waals surface area contributed by atoms with Crippen molar-refractivity contribution in [2.45, 2.75) is 6.92 Å². The number of nitriles is 1. The number of rotatable bonds is 3. The lowest BCUT2D eigenvalue weighted by molar-refractivity contribution is 0.0525. The van der Waals surface area contributed by atoms with Crippen molar-refractivity contribution >= 4 is 5.97 Å². The molecule has 0 aliphatic carbocycles. The van der Waals surface area contributed by atoms with Crippen molar-refractivity contribution in [1.29, 1.82) is 5.26 Å². The van der Waals surface area contributed by atoms with Crippen LogP contribution in [-0.2, 0) is 11.8 Å². The first-order chi connectivity index (χ1) is 9.56. The molecule has 2 rings (SSSR count). The fourth-order valence-electron chi connectivity index (χ4n) is 1.55. The Bertz CT molecular complexity index is 754. The second-order valence-corrected chi connectivity index (χ2v) is 3.74. The standard InChI is InChI=1S/C11H10N6O3/c1-3-20-11(19)6-4-8(9-14-16-17(2)15-9)13-10(18)7(6)5-12/h4H,3H2,1-2H3,(H,13,18). The van der Waals surface area contributed by atoms with Gasteiger partial charge in [0.1, 0.15) is 11.6 Å². The SMILES string of the molecule is CCOC(=O)c1cc(-c2nnn(C)n2)[nH]c(=O)c1C#N. The molecule has 9 heteroatoms. The van der Waals surface area contributed by atoms with E-state index in [-0.39, 0.29) is 29.3 Å². The molecule has 0 aliphatic heterocycles. The number of hydrogen-bond acceptors (Lipinski definition) is 7. The van der Waals surface area contributed by atoms with Gasteiger partial charge in [-0.25, -0.2) is 4.79 Å². The fourth-order valence-corrected chi connectivity index (χ4v) is 1.55. The topological polar surface area (TPSA) is 127 Å². The first-order valence-corrected chi connectivity index (χ1v) is 5.65. The van der Waals surface area contributed by atoms with Crippen LogP contribution in [0.1, 0.15) is 22.8 Å². The maximum Gasteiger partial charge on any atom is 0.339 e. The van der Waals surface area contributed by atoms with Crippen LogP contribution in [0.2, 0.25) is 0 Å². The van der Waals surface area contributed by atoms with Crippen LogP contribution in [0.15, 0.2) is 10.9 Å². The van der Waals surface area contributed by atoms with Crippen LogP contribution in [0, 0.1) is 11.3 Å². The van der Waals surface area contributed by atoms with Crippen molar-refractivity contribution in [1.82, 2.24) is 25.2 Å². The van der Waals surface area contributed by atoms with Crippen LogP contribution in [0.25, 0.3) is 11.5 Å². The van der Waals surface area contributed by atoms with Gasteiger partial charge >= 0.3 is 5.97 Å². The van der Waals surface area contributed by atoms with Gasteiger partial charge in [-0.2, -0.15) is 10.1 Å². The minimum Gasteiger partial charge on any atom is -0.462 e. The number of hydrogen-bond donors (Lipinski definition) is 1. The third kappa shape index (κ3) is 2.39. The molecular weight excluding hydrogens is 264 g/mol. The van der Waals surface area contributed by atoms with Crippen LogP contribution in [0.3, 0.4) is 0 Å². The number of carbonyl (C=O) groups excluding carboxylic acids is 1. The van der Waals surface area contributed by atoms with Crippen molar-refractivity contribution < 1.29 is 9.53 Å². The molecule has 0 spiro atoms. The smallest absolute Gasteiger partial charge is 0.339 e. The minimum absolute atomic E-state index is 0.124. The van der Waals surface area contributed by atoms with Crippen LogP contribution in [0.4, 0.5) is 0 Å². The molecule has 1 N–H and O–H groups in total. The second kappa shape index (κ2) is 5.31. The van der Waals surface area contributed by atoms with E-state index < -0.39 is 11.5 Å². The summed E-state index contributed by atoms with van der Waals surface area (Å²) in [6.45, 7) is 1.76. The average Bonchev–Trinajstić information content (AvgIpc) is 2.84. The van der Waals surface area contributed by atoms with Crippen molar-refractivity contribution in [2.75, 3.05) is 6.61 Å². The van der Waals surface area contributed by atoms with Crippen molar-refractivity contribution in [2.24, 2.45) is 7.05 Å². The third-order valence-electron chi connectivity index (χ3n) is 2.39. The van der Waals surface area contributed by atoms with Crippen LogP contribution < -0.4 is 5.56 Å². The van der Waals surface area contributed by atoms with E-state index >= 15 is 0 Å². The van der Waals surface area contributed by atoms with Crippen LogP contribution >= 0.6 is 0 Å². The number of nitrogens with one attached hydrogen (secondary N) is 1. The molecule has 0 saturated carbocycles. The van der Waals surface area contributed by atoms with Gasteiger partial charge in [-0.05, 0) is 18.2 Å². The Morgan fingerprint density at radius 2 is 2.35 bits per heavy atom. The van der Waals surface area contributed by atoms with Crippen molar-refractivity contribution in [3.05, 3.63) is 27.5 Å². The van der Waals surface area contributed by atoms with Gasteiger partial charge in [0.25, 0.3) is 5.56 Å². The van der Waals surface area contributed by atoms with E-state index in [2.05, 4.69) is 20.4 Å². The van der Waals surface area contributed by atoms with Crippen LogP contribution in [-0.4, -0.2) is 37.8 Å². The molecule has 0 fully saturated rings. The van der Waals surface area contributed by atoms with E-state index in [0.29, 0.717) is 0 Å². The Morgan fingerprint density at radius 3 is 2.90 bits per heavy atom. The molecule has 0 aliphatic rings. The number of aromatic nitrogens is 5. The lowest BCUT2D eigenvalue weighted by atomic mass is 10.1. The molecule has 0 atom stereocenters. The zero-order valence-electron chi connectivity index (χ0n) is 10.7. The van der Waals surface area contributed by atoms with Gasteiger partial charge in [0.05, 0.1) is 24.9 Å². The van der Waals surface area contributed by atoms with Gasteiger partial charge in [-0.1, -0.05) is 0 Å². The maximum atomic E-state index is 11.8. The largest absolute Gasteiger partial charge is 0.462 e.